The lowest BCUT2D eigenvalue weighted by molar-refractivity contribution is -0.147. The molecule has 14 nitrogen and oxygen atoms in total. The molecule has 0 amide bonds. The van der Waals surface area contributed by atoms with Gasteiger partial charge < -0.3 is 39.1 Å². The normalized spacial score (nSPS) is 20.1. The average molecular weight is 691 g/mol. The summed E-state index contributed by atoms with van der Waals surface area (Å²) < 4.78 is 30.9. The highest BCUT2D eigenvalue weighted by Crippen LogP contribution is 2.33. The standard InChI is InChI=1S/2C18H23N3O4/c2*1-23-15-8-13-14(9-16(15)24-2)21-17(10-19-13)20-12-6-4-11(5-7-12)18(22)25-3/h2*8-12H,4-7H2,1-3H3,(H,20,21). The molecular weight excluding hydrogens is 644 g/mol. The Morgan fingerprint density at radius 2 is 0.840 bits per heavy atom. The third-order valence-corrected chi connectivity index (χ3v) is 9.32. The van der Waals surface area contributed by atoms with Gasteiger partial charge in [0, 0.05) is 36.3 Å². The third kappa shape index (κ3) is 8.71. The molecule has 0 unspecified atom stereocenters. The van der Waals surface area contributed by atoms with Gasteiger partial charge in [-0.05, 0) is 51.4 Å². The van der Waals surface area contributed by atoms with Crippen LogP contribution in [0.1, 0.15) is 51.4 Å². The fraction of sp³-hybridized carbons (Fsp3) is 0.500. The van der Waals surface area contributed by atoms with E-state index in [0.29, 0.717) is 23.0 Å². The molecule has 2 aromatic carbocycles. The summed E-state index contributed by atoms with van der Waals surface area (Å²) in [5.74, 6) is 3.78. The minimum atomic E-state index is -0.106. The van der Waals surface area contributed by atoms with Gasteiger partial charge in [0.05, 0.1) is 89.0 Å². The van der Waals surface area contributed by atoms with Crippen molar-refractivity contribution in [1.82, 2.24) is 19.9 Å². The summed E-state index contributed by atoms with van der Waals surface area (Å²) in [7, 11) is 9.27. The second-order valence-electron chi connectivity index (χ2n) is 12.3. The molecule has 2 aliphatic carbocycles. The maximum atomic E-state index is 11.6. The fourth-order valence-electron chi connectivity index (χ4n) is 6.52. The summed E-state index contributed by atoms with van der Waals surface area (Å²) in [6.45, 7) is 0. The number of benzene rings is 2. The first kappa shape index (κ1) is 36.1. The van der Waals surface area contributed by atoms with Gasteiger partial charge >= 0.3 is 11.9 Å². The lowest BCUT2D eigenvalue weighted by Gasteiger charge is -2.27. The van der Waals surface area contributed by atoms with E-state index in [9.17, 15) is 9.59 Å². The summed E-state index contributed by atoms with van der Waals surface area (Å²) in [6.07, 6.45) is 10.4. The maximum Gasteiger partial charge on any atom is 0.308 e. The van der Waals surface area contributed by atoms with Crippen molar-refractivity contribution < 1.29 is 38.0 Å². The predicted octanol–water partition coefficient (Wildman–Crippen LogP) is 5.58. The molecule has 50 heavy (non-hydrogen) atoms. The molecule has 0 aliphatic heterocycles. The molecule has 2 aliphatic rings. The number of ether oxygens (including phenoxy) is 6. The zero-order chi connectivity index (χ0) is 35.6. The van der Waals surface area contributed by atoms with E-state index in [4.69, 9.17) is 28.4 Å². The summed E-state index contributed by atoms with van der Waals surface area (Å²) in [4.78, 5) is 41.4. The van der Waals surface area contributed by atoms with E-state index >= 15 is 0 Å². The SMILES string of the molecule is COC(=O)C1CCC(Nc2cnc3cc(OC)c(OC)cc3n2)CC1.COC(=O)C1CCC(Nc2cnc3cc(OC)c(OC)cc3n2)CC1. The van der Waals surface area contributed by atoms with E-state index in [1.54, 1.807) is 40.8 Å². The molecule has 0 atom stereocenters. The first-order chi connectivity index (χ1) is 24.3. The summed E-state index contributed by atoms with van der Waals surface area (Å²) in [5, 5.41) is 6.84. The zero-order valence-electron chi connectivity index (χ0n) is 29.5. The van der Waals surface area contributed by atoms with Crippen molar-refractivity contribution in [3.05, 3.63) is 36.7 Å². The van der Waals surface area contributed by atoms with Crippen LogP contribution >= 0.6 is 0 Å². The molecular formula is C36H46N6O8. The molecule has 268 valence electrons. The molecule has 14 heteroatoms. The minimum Gasteiger partial charge on any atom is -0.493 e. The van der Waals surface area contributed by atoms with E-state index in [1.165, 1.54) is 14.2 Å². The van der Waals surface area contributed by atoms with Crippen LogP contribution in [0.3, 0.4) is 0 Å². The highest BCUT2D eigenvalue weighted by Gasteiger charge is 2.28. The summed E-state index contributed by atoms with van der Waals surface area (Å²) in [6, 6.07) is 7.83. The van der Waals surface area contributed by atoms with Crippen molar-refractivity contribution in [2.75, 3.05) is 53.3 Å². The number of rotatable bonds is 10. The van der Waals surface area contributed by atoms with Crippen LogP contribution in [-0.2, 0) is 19.1 Å². The minimum absolute atomic E-state index is 0.0162. The Kier molecular flexibility index (Phi) is 12.3. The topological polar surface area (TPSA) is 165 Å². The third-order valence-electron chi connectivity index (χ3n) is 9.32. The molecule has 0 bridgehead atoms. The van der Waals surface area contributed by atoms with Crippen LogP contribution in [0, 0.1) is 11.8 Å². The molecule has 0 spiro atoms. The maximum absolute atomic E-state index is 11.6. The molecule has 4 aromatic rings. The van der Waals surface area contributed by atoms with Crippen molar-refractivity contribution in [3.8, 4) is 23.0 Å². The average Bonchev–Trinajstić information content (AvgIpc) is 3.16. The Morgan fingerprint density at radius 3 is 1.14 bits per heavy atom. The highest BCUT2D eigenvalue weighted by molar-refractivity contribution is 5.81. The Hall–Kier alpha value is -5.14. The van der Waals surface area contributed by atoms with Crippen LogP contribution in [-0.4, -0.2) is 86.6 Å². The van der Waals surface area contributed by atoms with Crippen molar-refractivity contribution in [2.24, 2.45) is 11.8 Å². The first-order valence-corrected chi connectivity index (χ1v) is 16.7. The van der Waals surface area contributed by atoms with Crippen LogP contribution in [0.5, 0.6) is 23.0 Å². The number of fused-ring (bicyclic) bond motifs is 2. The second kappa shape index (κ2) is 17.0. The van der Waals surface area contributed by atoms with Gasteiger partial charge in [-0.3, -0.25) is 19.6 Å². The Balaban J connectivity index is 0.000000194. The van der Waals surface area contributed by atoms with E-state index in [1.807, 2.05) is 24.3 Å². The first-order valence-electron chi connectivity index (χ1n) is 16.7. The molecule has 2 saturated carbocycles. The van der Waals surface area contributed by atoms with Crippen LogP contribution in [0.15, 0.2) is 36.7 Å². The summed E-state index contributed by atoms with van der Waals surface area (Å²) in [5.41, 5.74) is 2.98. The Bertz CT molecular complexity index is 1640. The number of hydrogen-bond donors (Lipinski definition) is 2. The van der Waals surface area contributed by atoms with Crippen LogP contribution in [0.4, 0.5) is 11.6 Å². The zero-order valence-corrected chi connectivity index (χ0v) is 29.5. The molecule has 2 N–H and O–H groups in total. The van der Waals surface area contributed by atoms with Gasteiger partial charge in [-0.1, -0.05) is 0 Å². The molecule has 2 aromatic heterocycles. The number of nitrogens with one attached hydrogen (secondary N) is 2. The van der Waals surface area contributed by atoms with Crippen molar-refractivity contribution in [2.45, 2.75) is 63.5 Å². The van der Waals surface area contributed by atoms with E-state index in [2.05, 4.69) is 30.6 Å². The highest BCUT2D eigenvalue weighted by atomic mass is 16.5. The Labute approximate surface area is 291 Å². The lowest BCUT2D eigenvalue weighted by Crippen LogP contribution is -2.30. The number of aromatic nitrogens is 4. The monoisotopic (exact) mass is 690 g/mol. The number of methoxy groups -OCH3 is 6. The smallest absolute Gasteiger partial charge is 0.308 e. The second-order valence-corrected chi connectivity index (χ2v) is 12.3. The van der Waals surface area contributed by atoms with E-state index in [-0.39, 0.29) is 35.9 Å². The molecule has 2 fully saturated rings. The van der Waals surface area contributed by atoms with Gasteiger partial charge in [-0.2, -0.15) is 0 Å². The van der Waals surface area contributed by atoms with Gasteiger partial charge in [0.2, 0.25) is 0 Å². The van der Waals surface area contributed by atoms with Crippen LogP contribution < -0.4 is 29.6 Å². The number of carbonyl (C=O) groups is 2. The van der Waals surface area contributed by atoms with Crippen molar-refractivity contribution in [1.29, 1.82) is 0 Å². The molecule has 0 radical (unpaired) electrons. The van der Waals surface area contributed by atoms with Gasteiger partial charge in [-0.15, -0.1) is 0 Å². The largest absolute Gasteiger partial charge is 0.493 e. The fourth-order valence-corrected chi connectivity index (χ4v) is 6.52. The van der Waals surface area contributed by atoms with Crippen molar-refractivity contribution in [3.63, 3.8) is 0 Å². The van der Waals surface area contributed by atoms with Gasteiger partial charge in [0.25, 0.3) is 0 Å². The molecule has 0 saturated heterocycles. The molecule has 2 heterocycles. The number of carbonyl (C=O) groups excluding carboxylic acids is 2. The lowest BCUT2D eigenvalue weighted by atomic mass is 9.86. The Morgan fingerprint density at radius 1 is 0.520 bits per heavy atom. The van der Waals surface area contributed by atoms with Crippen LogP contribution in [0.2, 0.25) is 0 Å². The summed E-state index contributed by atoms with van der Waals surface area (Å²) >= 11 is 0. The van der Waals surface area contributed by atoms with E-state index < -0.39 is 0 Å². The van der Waals surface area contributed by atoms with Gasteiger partial charge in [0.15, 0.2) is 23.0 Å². The quantitative estimate of drug-likeness (QED) is 0.198. The van der Waals surface area contributed by atoms with Gasteiger partial charge in [0.1, 0.15) is 11.6 Å². The van der Waals surface area contributed by atoms with Gasteiger partial charge in [-0.25, -0.2) is 9.97 Å². The van der Waals surface area contributed by atoms with E-state index in [0.717, 1.165) is 85.1 Å². The number of esters is 2. The number of anilines is 2. The predicted molar refractivity (Wildman–Crippen MR) is 188 cm³/mol. The number of nitrogens with zero attached hydrogens (tertiary/aromatic N) is 4. The van der Waals surface area contributed by atoms with Crippen LogP contribution in [0.25, 0.3) is 22.1 Å². The van der Waals surface area contributed by atoms with Crippen molar-refractivity contribution >= 4 is 45.6 Å². The molecule has 6 rings (SSSR count). The number of hydrogen-bond acceptors (Lipinski definition) is 14.